The lowest BCUT2D eigenvalue weighted by molar-refractivity contribution is -0.175. The molecule has 0 fully saturated rings. The van der Waals surface area contributed by atoms with Gasteiger partial charge in [0.2, 0.25) is 0 Å². The topological polar surface area (TPSA) is 178 Å². The summed E-state index contributed by atoms with van der Waals surface area (Å²) in [7, 11) is 0. The number of nitrogens with zero attached hydrogens (tertiary/aromatic N) is 2. The molecule has 0 amide bonds. The van der Waals surface area contributed by atoms with E-state index in [0.29, 0.717) is 5.69 Å². The van der Waals surface area contributed by atoms with Crippen LogP contribution in [0.3, 0.4) is 0 Å². The van der Waals surface area contributed by atoms with Crippen LogP contribution in [-0.2, 0) is 14.4 Å². The minimum absolute atomic E-state index is 0.229. The predicted molar refractivity (Wildman–Crippen MR) is 90.8 cm³/mol. The molecule has 0 spiro atoms. The molecule has 2 atom stereocenters. The molecule has 2 aromatic rings. The van der Waals surface area contributed by atoms with E-state index in [1.165, 1.54) is 41.1 Å². The van der Waals surface area contributed by atoms with Gasteiger partial charge in [-0.15, -0.1) is 0 Å². The van der Waals surface area contributed by atoms with Crippen LogP contribution in [0.5, 0.6) is 0 Å². The van der Waals surface area contributed by atoms with Crippen molar-refractivity contribution in [2.45, 2.75) is 12.0 Å². The van der Waals surface area contributed by atoms with Gasteiger partial charge in [0, 0.05) is 17.4 Å². The van der Waals surface area contributed by atoms with Crippen LogP contribution in [0.25, 0.3) is 5.69 Å². The molecule has 2 rings (SSSR count). The number of benzene rings is 1. The van der Waals surface area contributed by atoms with Crippen LogP contribution in [0.1, 0.15) is 22.5 Å². The second-order valence-electron chi connectivity index (χ2n) is 5.86. The molecular formula is C18H14N2O8. The van der Waals surface area contributed by atoms with Crippen LogP contribution in [0.2, 0.25) is 0 Å². The zero-order chi connectivity index (χ0) is 21.1. The van der Waals surface area contributed by atoms with E-state index in [1.807, 2.05) is 6.07 Å². The SMILES string of the molecule is N#Cc1cccn1-c1cccc(C(=O)C(C(=O)O)C(O)(CC(=O)O)C(=O)O)c1. The first-order valence-electron chi connectivity index (χ1n) is 7.74. The highest BCUT2D eigenvalue weighted by Gasteiger charge is 2.54. The molecule has 0 aliphatic rings. The molecule has 28 heavy (non-hydrogen) atoms. The van der Waals surface area contributed by atoms with Crippen molar-refractivity contribution in [1.29, 1.82) is 5.26 Å². The van der Waals surface area contributed by atoms with Crippen LogP contribution in [0.15, 0.2) is 42.6 Å². The highest BCUT2D eigenvalue weighted by atomic mass is 16.4. The molecule has 1 heterocycles. The summed E-state index contributed by atoms with van der Waals surface area (Å²) in [5, 5.41) is 46.7. The first-order chi connectivity index (χ1) is 13.1. The lowest BCUT2D eigenvalue weighted by Gasteiger charge is -2.27. The number of aliphatic hydroxyl groups is 1. The number of hydrogen-bond acceptors (Lipinski definition) is 6. The summed E-state index contributed by atoms with van der Waals surface area (Å²) in [6, 6.07) is 10.3. The Hall–Kier alpha value is -3.97. The maximum absolute atomic E-state index is 12.7. The van der Waals surface area contributed by atoms with Gasteiger partial charge in [-0.25, -0.2) is 4.79 Å². The number of hydrogen-bond donors (Lipinski definition) is 4. The van der Waals surface area contributed by atoms with Gasteiger partial charge >= 0.3 is 17.9 Å². The van der Waals surface area contributed by atoms with Gasteiger partial charge < -0.3 is 25.0 Å². The summed E-state index contributed by atoms with van der Waals surface area (Å²) in [6.07, 6.45) is 0.0374. The number of carbonyl (C=O) groups is 4. The minimum Gasteiger partial charge on any atom is -0.481 e. The number of aromatic nitrogens is 1. The van der Waals surface area contributed by atoms with Crippen LogP contribution in [0, 0.1) is 17.2 Å². The third-order valence-electron chi connectivity index (χ3n) is 4.05. The van der Waals surface area contributed by atoms with Crippen LogP contribution < -0.4 is 0 Å². The van der Waals surface area contributed by atoms with E-state index in [2.05, 4.69) is 0 Å². The van der Waals surface area contributed by atoms with Gasteiger partial charge in [-0.1, -0.05) is 12.1 Å². The van der Waals surface area contributed by atoms with Crippen molar-refractivity contribution >= 4 is 23.7 Å². The molecule has 0 saturated heterocycles. The molecule has 1 aromatic heterocycles. The van der Waals surface area contributed by atoms with E-state index in [-0.39, 0.29) is 11.3 Å². The van der Waals surface area contributed by atoms with E-state index in [1.54, 1.807) is 6.07 Å². The Kier molecular flexibility index (Phi) is 5.61. The number of carboxylic acid groups (broad SMARTS) is 3. The third-order valence-corrected chi connectivity index (χ3v) is 4.05. The predicted octanol–water partition coefficient (Wildman–Crippen LogP) is 0.523. The summed E-state index contributed by atoms with van der Waals surface area (Å²) in [4.78, 5) is 46.6. The van der Waals surface area contributed by atoms with Gasteiger partial charge in [0.05, 0.1) is 6.42 Å². The van der Waals surface area contributed by atoms with Gasteiger partial charge in [0.15, 0.2) is 17.3 Å². The van der Waals surface area contributed by atoms with Gasteiger partial charge in [-0.3, -0.25) is 14.4 Å². The minimum atomic E-state index is -3.35. The molecular weight excluding hydrogens is 372 g/mol. The Morgan fingerprint density at radius 3 is 2.32 bits per heavy atom. The Morgan fingerprint density at radius 2 is 1.79 bits per heavy atom. The number of carboxylic acids is 3. The van der Waals surface area contributed by atoms with Gasteiger partial charge in [-0.2, -0.15) is 5.26 Å². The van der Waals surface area contributed by atoms with Crippen LogP contribution in [-0.4, -0.2) is 54.3 Å². The summed E-state index contributed by atoms with van der Waals surface area (Å²) >= 11 is 0. The number of nitriles is 1. The summed E-state index contributed by atoms with van der Waals surface area (Å²) in [5.41, 5.74) is -3.08. The highest BCUT2D eigenvalue weighted by Crippen LogP contribution is 2.28. The molecule has 144 valence electrons. The van der Waals surface area contributed by atoms with E-state index in [0.717, 1.165) is 0 Å². The van der Waals surface area contributed by atoms with Gasteiger partial charge in [0.1, 0.15) is 11.8 Å². The molecule has 10 nitrogen and oxygen atoms in total. The maximum atomic E-state index is 12.7. The van der Waals surface area contributed by atoms with Gasteiger partial charge in [-0.05, 0) is 24.3 Å². The van der Waals surface area contributed by atoms with E-state index in [9.17, 15) is 34.5 Å². The Labute approximate surface area is 157 Å². The van der Waals surface area contributed by atoms with Crippen molar-refractivity contribution in [3.63, 3.8) is 0 Å². The zero-order valence-electron chi connectivity index (χ0n) is 14.1. The second kappa shape index (κ2) is 7.73. The monoisotopic (exact) mass is 386 g/mol. The number of carbonyl (C=O) groups excluding carboxylic acids is 1. The first kappa shape index (κ1) is 20.3. The molecule has 2 unspecified atom stereocenters. The standard InChI is InChI=1S/C18H14N2O8/c19-9-12-5-2-6-20(12)11-4-1-3-10(7-11)15(23)14(16(24)25)18(28,17(26)27)8-13(21)22/h1-7,14,28H,8H2,(H,21,22)(H,24,25)(H,26,27). The van der Waals surface area contributed by atoms with Crippen molar-refractivity contribution in [2.75, 3.05) is 0 Å². The van der Waals surface area contributed by atoms with Crippen molar-refractivity contribution < 1.29 is 39.6 Å². The molecule has 0 bridgehead atoms. The fourth-order valence-corrected chi connectivity index (χ4v) is 2.74. The summed E-state index contributed by atoms with van der Waals surface area (Å²) in [6.45, 7) is 0. The van der Waals surface area contributed by atoms with Crippen molar-refractivity contribution in [1.82, 2.24) is 4.57 Å². The van der Waals surface area contributed by atoms with Crippen molar-refractivity contribution in [2.24, 2.45) is 5.92 Å². The Bertz CT molecular complexity index is 1000. The van der Waals surface area contributed by atoms with E-state index < -0.39 is 41.6 Å². The number of aliphatic carboxylic acids is 3. The number of ketones is 1. The molecule has 0 aliphatic carbocycles. The largest absolute Gasteiger partial charge is 0.481 e. The maximum Gasteiger partial charge on any atom is 0.337 e. The molecule has 1 aromatic carbocycles. The first-order valence-corrected chi connectivity index (χ1v) is 7.74. The summed E-state index contributed by atoms with van der Waals surface area (Å²) in [5.74, 6) is -9.77. The smallest absolute Gasteiger partial charge is 0.337 e. The lowest BCUT2D eigenvalue weighted by atomic mass is 9.79. The lowest BCUT2D eigenvalue weighted by Crippen LogP contribution is -2.54. The number of rotatable bonds is 8. The highest BCUT2D eigenvalue weighted by molar-refractivity contribution is 6.12. The third kappa shape index (κ3) is 3.74. The Balaban J connectivity index is 2.54. The van der Waals surface area contributed by atoms with Crippen molar-refractivity contribution in [3.8, 4) is 11.8 Å². The second-order valence-corrected chi connectivity index (χ2v) is 5.86. The fraction of sp³-hybridized carbons (Fsp3) is 0.167. The summed E-state index contributed by atoms with van der Waals surface area (Å²) < 4.78 is 1.41. The van der Waals surface area contributed by atoms with Crippen molar-refractivity contribution in [3.05, 3.63) is 53.9 Å². The van der Waals surface area contributed by atoms with Crippen LogP contribution >= 0.6 is 0 Å². The van der Waals surface area contributed by atoms with Gasteiger partial charge in [0.25, 0.3) is 0 Å². The molecule has 0 radical (unpaired) electrons. The number of Topliss-reactive ketones (excluding diaryl/α,β-unsaturated/α-hetero) is 1. The Morgan fingerprint density at radius 1 is 1.11 bits per heavy atom. The molecule has 10 heteroatoms. The fourth-order valence-electron chi connectivity index (χ4n) is 2.74. The normalized spacial score (nSPS) is 13.7. The average Bonchev–Trinajstić information content (AvgIpc) is 3.09. The quantitative estimate of drug-likeness (QED) is 0.372. The zero-order valence-corrected chi connectivity index (χ0v) is 14.1. The average molecular weight is 386 g/mol. The van der Waals surface area contributed by atoms with E-state index >= 15 is 0 Å². The molecule has 4 N–H and O–H groups in total. The van der Waals surface area contributed by atoms with E-state index in [4.69, 9.17) is 10.4 Å². The molecule has 0 saturated carbocycles. The molecule has 0 aliphatic heterocycles. The van der Waals surface area contributed by atoms with Crippen LogP contribution in [0.4, 0.5) is 0 Å².